The predicted octanol–water partition coefficient (Wildman–Crippen LogP) is 2.59. The van der Waals surface area contributed by atoms with Crippen LogP contribution in [0.4, 0.5) is 5.69 Å². The molecule has 0 radical (unpaired) electrons. The maximum absolute atomic E-state index is 11.0. The summed E-state index contributed by atoms with van der Waals surface area (Å²) in [5.74, 6) is 0.277. The van der Waals surface area contributed by atoms with Gasteiger partial charge in [0.15, 0.2) is 0 Å². The number of piperidine rings is 1. The van der Waals surface area contributed by atoms with E-state index in [9.17, 15) is 10.1 Å². The van der Waals surface area contributed by atoms with Crippen molar-refractivity contribution in [2.75, 3.05) is 19.6 Å². The summed E-state index contributed by atoms with van der Waals surface area (Å²) >= 11 is 5.88. The minimum absolute atomic E-state index is 0.00897. The molecule has 2 aliphatic heterocycles. The third-order valence-electron chi connectivity index (χ3n) is 4.29. The van der Waals surface area contributed by atoms with E-state index in [1.54, 1.807) is 12.1 Å². The molecule has 0 aromatic heterocycles. The van der Waals surface area contributed by atoms with Crippen LogP contribution in [0.25, 0.3) is 0 Å². The average Bonchev–Trinajstić information content (AvgIpc) is 2.90. The van der Waals surface area contributed by atoms with Gasteiger partial charge >= 0.3 is 0 Å². The van der Waals surface area contributed by atoms with Crippen molar-refractivity contribution < 1.29 is 4.92 Å². The fourth-order valence-corrected chi connectivity index (χ4v) is 3.26. The van der Waals surface area contributed by atoms with Crippen LogP contribution in [0, 0.1) is 16.0 Å². The lowest BCUT2D eigenvalue weighted by Gasteiger charge is -2.32. The number of hydrogen-bond donors (Lipinski definition) is 1. The minimum atomic E-state index is -0.443. The first-order chi connectivity index (χ1) is 10.1. The van der Waals surface area contributed by atoms with Crippen molar-refractivity contribution in [1.82, 2.24) is 10.3 Å². The molecule has 1 aromatic carbocycles. The molecule has 1 saturated heterocycles. The quantitative estimate of drug-likeness (QED) is 0.688. The van der Waals surface area contributed by atoms with Crippen LogP contribution in [-0.4, -0.2) is 35.2 Å². The topological polar surface area (TPSA) is 70.8 Å². The molecular formula is C14H17ClN4O2. The van der Waals surface area contributed by atoms with Crippen LogP contribution in [0.3, 0.4) is 0 Å². The Labute approximate surface area is 127 Å². The summed E-state index contributed by atoms with van der Waals surface area (Å²) in [6, 6.07) is 4.99. The highest BCUT2D eigenvalue weighted by Crippen LogP contribution is 2.35. The number of halogens is 1. The zero-order valence-electron chi connectivity index (χ0n) is 11.8. The van der Waals surface area contributed by atoms with Gasteiger partial charge in [0.1, 0.15) is 5.02 Å². The highest BCUT2D eigenvalue weighted by molar-refractivity contribution is 6.32. The number of rotatable bonds is 3. The van der Waals surface area contributed by atoms with Gasteiger partial charge in [-0.15, -0.1) is 0 Å². The van der Waals surface area contributed by atoms with E-state index in [-0.39, 0.29) is 22.7 Å². The number of nitro groups is 1. The van der Waals surface area contributed by atoms with Crippen LogP contribution in [0.15, 0.2) is 23.3 Å². The predicted molar refractivity (Wildman–Crippen MR) is 81.6 cm³/mol. The summed E-state index contributed by atoms with van der Waals surface area (Å²) in [4.78, 5) is 13.0. The van der Waals surface area contributed by atoms with E-state index in [0.717, 1.165) is 31.6 Å². The highest BCUT2D eigenvalue weighted by Gasteiger charge is 2.37. The summed E-state index contributed by atoms with van der Waals surface area (Å²) in [6.07, 6.45) is 0.956. The standard InChI is InChI=1S/C14H17ClN4O2/c1-2-18-6-5-12-10(8-18)14(17-16-12)9-3-4-11(15)13(7-9)19(20)21/h3-4,7,10,14,17H,2,5-6,8H2,1H3. The Morgan fingerprint density at radius 3 is 3.10 bits per heavy atom. The molecular weight excluding hydrogens is 292 g/mol. The van der Waals surface area contributed by atoms with E-state index in [0.29, 0.717) is 0 Å². The van der Waals surface area contributed by atoms with Crippen molar-refractivity contribution >= 4 is 23.0 Å². The Kier molecular flexibility index (Phi) is 3.82. The Morgan fingerprint density at radius 2 is 2.38 bits per heavy atom. The van der Waals surface area contributed by atoms with Crippen molar-refractivity contribution in [3.05, 3.63) is 38.9 Å². The summed E-state index contributed by atoms with van der Waals surface area (Å²) in [5.41, 5.74) is 5.13. The number of fused-ring (bicyclic) bond motifs is 1. The number of nitro benzene ring substituents is 1. The van der Waals surface area contributed by atoms with Crippen LogP contribution in [0.2, 0.25) is 5.02 Å². The van der Waals surface area contributed by atoms with Gasteiger partial charge in [0, 0.05) is 37.2 Å². The maximum atomic E-state index is 11.0. The average molecular weight is 309 g/mol. The zero-order valence-corrected chi connectivity index (χ0v) is 12.5. The molecule has 0 amide bonds. The first-order valence-corrected chi connectivity index (χ1v) is 7.46. The lowest BCUT2D eigenvalue weighted by atomic mass is 9.86. The van der Waals surface area contributed by atoms with Crippen molar-refractivity contribution in [3.8, 4) is 0 Å². The van der Waals surface area contributed by atoms with Gasteiger partial charge in [0.2, 0.25) is 0 Å². The van der Waals surface area contributed by atoms with E-state index in [4.69, 9.17) is 11.6 Å². The monoisotopic (exact) mass is 308 g/mol. The Morgan fingerprint density at radius 1 is 1.57 bits per heavy atom. The third-order valence-corrected chi connectivity index (χ3v) is 4.61. The molecule has 3 rings (SSSR count). The SMILES string of the molecule is CCN1CCC2=NNC(c3ccc(Cl)c([N+](=O)[O-])c3)C2C1. The summed E-state index contributed by atoms with van der Waals surface area (Å²) in [5, 5.41) is 15.6. The van der Waals surface area contributed by atoms with Gasteiger partial charge < -0.3 is 10.3 Å². The molecule has 0 aliphatic carbocycles. The molecule has 2 heterocycles. The van der Waals surface area contributed by atoms with Crippen LogP contribution in [0.5, 0.6) is 0 Å². The molecule has 1 aromatic rings. The molecule has 7 heteroatoms. The molecule has 0 saturated carbocycles. The van der Waals surface area contributed by atoms with Crippen molar-refractivity contribution in [2.24, 2.45) is 11.0 Å². The van der Waals surface area contributed by atoms with Crippen molar-refractivity contribution in [2.45, 2.75) is 19.4 Å². The molecule has 2 aliphatic rings. The van der Waals surface area contributed by atoms with E-state index in [1.807, 2.05) is 6.07 Å². The van der Waals surface area contributed by atoms with Crippen LogP contribution in [0.1, 0.15) is 24.9 Å². The molecule has 2 atom stereocenters. The smallest absolute Gasteiger partial charge is 0.288 e. The normalized spacial score (nSPS) is 25.1. The van der Waals surface area contributed by atoms with Gasteiger partial charge in [-0.05, 0) is 18.2 Å². The second-order valence-corrected chi connectivity index (χ2v) is 5.83. The fourth-order valence-electron chi connectivity index (χ4n) is 3.07. The lowest BCUT2D eigenvalue weighted by Crippen LogP contribution is -2.41. The Bertz CT molecular complexity index is 605. The van der Waals surface area contributed by atoms with Crippen LogP contribution in [-0.2, 0) is 0 Å². The van der Waals surface area contributed by atoms with Crippen LogP contribution >= 0.6 is 11.6 Å². The maximum Gasteiger partial charge on any atom is 0.288 e. The molecule has 1 N–H and O–H groups in total. The third kappa shape index (κ3) is 2.61. The van der Waals surface area contributed by atoms with Crippen molar-refractivity contribution in [3.63, 3.8) is 0 Å². The second-order valence-electron chi connectivity index (χ2n) is 5.43. The molecule has 21 heavy (non-hydrogen) atoms. The highest BCUT2D eigenvalue weighted by atomic mass is 35.5. The van der Waals surface area contributed by atoms with Gasteiger partial charge in [-0.3, -0.25) is 10.1 Å². The van der Waals surface area contributed by atoms with Crippen LogP contribution < -0.4 is 5.43 Å². The molecule has 0 bridgehead atoms. The number of hydrazone groups is 1. The van der Waals surface area contributed by atoms with Gasteiger partial charge in [-0.25, -0.2) is 0 Å². The second kappa shape index (κ2) is 5.61. The molecule has 0 spiro atoms. The van der Waals surface area contributed by atoms with Gasteiger partial charge in [0.25, 0.3) is 5.69 Å². The van der Waals surface area contributed by atoms with E-state index < -0.39 is 4.92 Å². The first-order valence-electron chi connectivity index (χ1n) is 7.08. The van der Waals surface area contributed by atoms with Gasteiger partial charge in [-0.1, -0.05) is 24.6 Å². The summed E-state index contributed by atoms with van der Waals surface area (Å²) < 4.78 is 0. The number of likely N-dealkylation sites (tertiary alicyclic amines) is 1. The fraction of sp³-hybridized carbons (Fsp3) is 0.500. The Balaban J connectivity index is 1.88. The molecule has 112 valence electrons. The molecule has 2 unspecified atom stereocenters. The van der Waals surface area contributed by atoms with E-state index in [1.165, 1.54) is 5.71 Å². The summed E-state index contributed by atoms with van der Waals surface area (Å²) in [7, 11) is 0. The first kappa shape index (κ1) is 14.3. The number of nitrogens with one attached hydrogen (secondary N) is 1. The number of nitrogens with zero attached hydrogens (tertiary/aromatic N) is 3. The zero-order chi connectivity index (χ0) is 15.0. The van der Waals surface area contributed by atoms with Gasteiger partial charge in [-0.2, -0.15) is 5.10 Å². The summed E-state index contributed by atoms with van der Waals surface area (Å²) in [6.45, 7) is 5.12. The lowest BCUT2D eigenvalue weighted by molar-refractivity contribution is -0.384. The Hall–Kier alpha value is -1.66. The number of hydrogen-bond acceptors (Lipinski definition) is 5. The van der Waals surface area contributed by atoms with Gasteiger partial charge in [0.05, 0.1) is 11.0 Å². The molecule has 1 fully saturated rings. The largest absolute Gasteiger partial charge is 0.302 e. The van der Waals surface area contributed by atoms with Crippen molar-refractivity contribution in [1.29, 1.82) is 0 Å². The minimum Gasteiger partial charge on any atom is -0.302 e. The van der Waals surface area contributed by atoms with E-state index in [2.05, 4.69) is 22.4 Å². The number of benzene rings is 1. The molecule has 6 nitrogen and oxygen atoms in total. The van der Waals surface area contributed by atoms with E-state index >= 15 is 0 Å².